The Kier molecular flexibility index (Phi) is 6.15. The van der Waals surface area contributed by atoms with Crippen LogP contribution in [0.25, 0.3) is 5.69 Å². The van der Waals surface area contributed by atoms with Crippen LogP contribution in [-0.2, 0) is 11.3 Å². The van der Waals surface area contributed by atoms with Gasteiger partial charge in [-0.15, -0.1) is 10.2 Å². The van der Waals surface area contributed by atoms with E-state index in [1.807, 2.05) is 19.1 Å². The molecule has 0 fully saturated rings. The molecule has 0 atom stereocenters. The molecule has 3 amide bonds. The van der Waals surface area contributed by atoms with Gasteiger partial charge in [-0.2, -0.15) is 0 Å². The van der Waals surface area contributed by atoms with Gasteiger partial charge in [0.1, 0.15) is 12.1 Å². The number of hydrogen-bond donors (Lipinski definition) is 2. The third-order valence-electron chi connectivity index (χ3n) is 3.54. The molecule has 2 aromatic heterocycles. The van der Waals surface area contributed by atoms with Gasteiger partial charge in [0.05, 0.1) is 24.2 Å². The van der Waals surface area contributed by atoms with Gasteiger partial charge in [-0.1, -0.05) is 29.4 Å². The van der Waals surface area contributed by atoms with E-state index in [1.165, 1.54) is 12.6 Å². The molecule has 10 heteroatoms. The summed E-state index contributed by atoms with van der Waals surface area (Å²) in [5.41, 5.74) is 1.75. The molecule has 140 valence electrons. The second kappa shape index (κ2) is 8.74. The summed E-state index contributed by atoms with van der Waals surface area (Å²) in [6.07, 6.45) is 3.05. The van der Waals surface area contributed by atoms with Gasteiger partial charge in [-0.3, -0.25) is 14.7 Å². The first kappa shape index (κ1) is 19.0. The van der Waals surface area contributed by atoms with Gasteiger partial charge in [-0.05, 0) is 36.8 Å². The average molecular weight is 406 g/mol. The normalized spacial score (nSPS) is 10.6. The first-order chi connectivity index (χ1) is 13.0. The summed E-state index contributed by atoms with van der Waals surface area (Å²) in [5.74, 6) is 0.150. The Morgan fingerprint density at radius 3 is 2.93 bits per heavy atom. The van der Waals surface area contributed by atoms with Gasteiger partial charge >= 0.3 is 6.03 Å². The minimum atomic E-state index is -0.594. The van der Waals surface area contributed by atoms with Crippen molar-refractivity contribution in [2.75, 3.05) is 5.75 Å². The van der Waals surface area contributed by atoms with E-state index in [-0.39, 0.29) is 12.3 Å². The fraction of sp³-hybridized carbons (Fsp3) is 0.176. The number of imide groups is 1. The lowest BCUT2D eigenvalue weighted by Gasteiger charge is -2.08. The Morgan fingerprint density at radius 1 is 1.33 bits per heavy atom. The SMILES string of the molecule is Cc1ccc(-n2cnnc2SCC(=O)NC(=O)NCc2ccco2)cc1Cl. The number of nitrogens with zero attached hydrogens (tertiary/aromatic N) is 3. The van der Waals surface area contributed by atoms with Crippen LogP contribution in [0.2, 0.25) is 5.02 Å². The maximum absolute atomic E-state index is 12.0. The lowest BCUT2D eigenvalue weighted by Crippen LogP contribution is -2.39. The highest BCUT2D eigenvalue weighted by atomic mass is 35.5. The molecule has 2 N–H and O–H groups in total. The highest BCUT2D eigenvalue weighted by molar-refractivity contribution is 7.99. The van der Waals surface area contributed by atoms with Crippen LogP contribution in [-0.4, -0.2) is 32.5 Å². The van der Waals surface area contributed by atoms with Crippen molar-refractivity contribution < 1.29 is 14.0 Å². The second-order valence-electron chi connectivity index (χ2n) is 5.52. The van der Waals surface area contributed by atoms with E-state index in [4.69, 9.17) is 16.0 Å². The summed E-state index contributed by atoms with van der Waals surface area (Å²) in [7, 11) is 0. The van der Waals surface area contributed by atoms with Gasteiger partial charge in [-0.25, -0.2) is 4.79 Å². The summed E-state index contributed by atoms with van der Waals surface area (Å²) in [5, 5.41) is 13.8. The molecule has 0 bridgehead atoms. The van der Waals surface area contributed by atoms with Gasteiger partial charge < -0.3 is 9.73 Å². The van der Waals surface area contributed by atoms with Crippen LogP contribution in [0.5, 0.6) is 0 Å². The van der Waals surface area contributed by atoms with Gasteiger partial charge in [0, 0.05) is 5.02 Å². The topological polar surface area (TPSA) is 102 Å². The summed E-state index contributed by atoms with van der Waals surface area (Å²) >= 11 is 7.32. The Balaban J connectivity index is 1.52. The van der Waals surface area contributed by atoms with Crippen LogP contribution in [0.3, 0.4) is 0 Å². The minimum Gasteiger partial charge on any atom is -0.467 e. The molecule has 0 saturated carbocycles. The van der Waals surface area contributed by atoms with Crippen LogP contribution in [0.15, 0.2) is 52.5 Å². The number of furan rings is 1. The molecule has 3 rings (SSSR count). The summed E-state index contributed by atoms with van der Waals surface area (Å²) in [6.45, 7) is 2.11. The summed E-state index contributed by atoms with van der Waals surface area (Å²) in [6, 6.07) is 8.42. The molecule has 0 unspecified atom stereocenters. The van der Waals surface area contributed by atoms with Gasteiger partial charge in [0.2, 0.25) is 5.91 Å². The molecule has 8 nitrogen and oxygen atoms in total. The van der Waals surface area contributed by atoms with E-state index < -0.39 is 11.9 Å². The quantitative estimate of drug-likeness (QED) is 0.611. The third-order valence-corrected chi connectivity index (χ3v) is 4.89. The Bertz CT molecular complexity index is 942. The number of urea groups is 1. The summed E-state index contributed by atoms with van der Waals surface area (Å²) in [4.78, 5) is 23.7. The van der Waals surface area contributed by atoms with Crippen molar-refractivity contribution in [1.82, 2.24) is 25.4 Å². The highest BCUT2D eigenvalue weighted by Gasteiger charge is 2.13. The van der Waals surface area contributed by atoms with Crippen LogP contribution in [0, 0.1) is 6.92 Å². The number of benzene rings is 1. The van der Waals surface area contributed by atoms with E-state index in [1.54, 1.807) is 22.8 Å². The lowest BCUT2D eigenvalue weighted by atomic mass is 10.2. The number of hydrogen-bond acceptors (Lipinski definition) is 6. The number of nitrogens with one attached hydrogen (secondary N) is 2. The van der Waals surface area contributed by atoms with E-state index in [0.29, 0.717) is 15.9 Å². The molecule has 1 aromatic carbocycles. The number of aromatic nitrogens is 3. The zero-order chi connectivity index (χ0) is 19.2. The zero-order valence-corrected chi connectivity index (χ0v) is 15.9. The number of amides is 3. The Hall–Kier alpha value is -2.78. The molecule has 3 aromatic rings. The molecule has 0 aliphatic carbocycles. The summed E-state index contributed by atoms with van der Waals surface area (Å²) < 4.78 is 6.82. The Morgan fingerprint density at radius 2 is 2.19 bits per heavy atom. The number of thioether (sulfide) groups is 1. The average Bonchev–Trinajstić information content (AvgIpc) is 3.32. The second-order valence-corrected chi connectivity index (χ2v) is 6.87. The molecule has 0 aliphatic rings. The number of rotatable bonds is 6. The maximum Gasteiger partial charge on any atom is 0.321 e. The lowest BCUT2D eigenvalue weighted by molar-refractivity contribution is -0.117. The van der Waals surface area contributed by atoms with Crippen molar-refractivity contribution in [3.05, 3.63) is 59.3 Å². The fourth-order valence-corrected chi connectivity index (χ4v) is 3.05. The van der Waals surface area contributed by atoms with Gasteiger partial charge in [0.15, 0.2) is 5.16 Å². The fourth-order valence-electron chi connectivity index (χ4n) is 2.15. The van der Waals surface area contributed by atoms with Crippen molar-refractivity contribution in [3.63, 3.8) is 0 Å². The molecular formula is C17H16ClN5O3S. The Labute approximate surface area is 164 Å². The standard InChI is InChI=1S/C17H16ClN5O3S/c1-11-4-5-12(7-14(11)18)23-10-20-22-17(23)27-9-15(24)21-16(25)19-8-13-3-2-6-26-13/h2-7,10H,8-9H2,1H3,(H2,19,21,24,25). The predicted molar refractivity (Wildman–Crippen MR) is 101 cm³/mol. The molecular weight excluding hydrogens is 390 g/mol. The smallest absolute Gasteiger partial charge is 0.321 e. The number of halogens is 1. The van der Waals surface area contributed by atoms with Gasteiger partial charge in [0.25, 0.3) is 0 Å². The zero-order valence-electron chi connectivity index (χ0n) is 14.3. The van der Waals surface area contributed by atoms with Crippen molar-refractivity contribution in [3.8, 4) is 5.69 Å². The van der Waals surface area contributed by atoms with E-state index in [9.17, 15) is 9.59 Å². The molecule has 0 spiro atoms. The van der Waals surface area contributed by atoms with E-state index >= 15 is 0 Å². The number of carbonyl (C=O) groups excluding carboxylic acids is 2. The van der Waals surface area contributed by atoms with Crippen molar-refractivity contribution >= 4 is 35.3 Å². The largest absolute Gasteiger partial charge is 0.467 e. The predicted octanol–water partition coefficient (Wildman–Crippen LogP) is 2.94. The number of carbonyl (C=O) groups is 2. The number of aryl methyl sites for hydroxylation is 1. The highest BCUT2D eigenvalue weighted by Crippen LogP contribution is 2.23. The first-order valence-corrected chi connectivity index (χ1v) is 9.28. The molecule has 0 radical (unpaired) electrons. The van der Waals surface area contributed by atoms with Crippen LogP contribution in [0.4, 0.5) is 4.79 Å². The first-order valence-electron chi connectivity index (χ1n) is 7.92. The van der Waals surface area contributed by atoms with Crippen LogP contribution < -0.4 is 10.6 Å². The maximum atomic E-state index is 12.0. The molecule has 0 saturated heterocycles. The van der Waals surface area contributed by atoms with Crippen molar-refractivity contribution in [2.45, 2.75) is 18.6 Å². The van der Waals surface area contributed by atoms with Crippen molar-refractivity contribution in [2.24, 2.45) is 0 Å². The van der Waals surface area contributed by atoms with Crippen LogP contribution >= 0.6 is 23.4 Å². The molecule has 0 aliphatic heterocycles. The monoisotopic (exact) mass is 405 g/mol. The minimum absolute atomic E-state index is 0.00641. The van der Waals surface area contributed by atoms with Crippen molar-refractivity contribution in [1.29, 1.82) is 0 Å². The van der Waals surface area contributed by atoms with Crippen LogP contribution in [0.1, 0.15) is 11.3 Å². The molecule has 2 heterocycles. The van der Waals surface area contributed by atoms with E-state index in [2.05, 4.69) is 20.8 Å². The van der Waals surface area contributed by atoms with E-state index in [0.717, 1.165) is 23.0 Å². The third kappa shape index (κ3) is 5.11. The molecule has 27 heavy (non-hydrogen) atoms.